The molecule has 1 atom stereocenters. The second-order valence-corrected chi connectivity index (χ2v) is 3.07. The number of hydrogen-bond acceptors (Lipinski definition) is 3. The number of nitrogens with two attached hydrogens (primary N) is 1. The van der Waals surface area contributed by atoms with E-state index in [0.717, 1.165) is 26.1 Å². The highest BCUT2D eigenvalue weighted by Gasteiger charge is 2.19. The fourth-order valence-electron chi connectivity index (χ4n) is 1.42. The Morgan fingerprint density at radius 1 is 1.73 bits per heavy atom. The molecule has 2 N–H and O–H groups in total. The van der Waals surface area contributed by atoms with E-state index >= 15 is 0 Å². The lowest BCUT2D eigenvalue weighted by Gasteiger charge is -2.23. The van der Waals surface area contributed by atoms with Crippen LogP contribution in [0.4, 0.5) is 0 Å². The van der Waals surface area contributed by atoms with E-state index in [-0.39, 0.29) is 0 Å². The first-order chi connectivity index (χ1) is 5.25. The molecule has 0 amide bonds. The summed E-state index contributed by atoms with van der Waals surface area (Å²) in [6.07, 6.45) is 1.07. The summed E-state index contributed by atoms with van der Waals surface area (Å²) < 4.78 is 0. The zero-order valence-electron chi connectivity index (χ0n) is 7.38. The number of amidine groups is 1. The Bertz CT molecular complexity index is 153. The van der Waals surface area contributed by atoms with E-state index in [1.807, 2.05) is 0 Å². The fraction of sp³-hybridized carbons (Fsp3) is 0.875. The van der Waals surface area contributed by atoms with Gasteiger partial charge in [0.1, 0.15) is 0 Å². The van der Waals surface area contributed by atoms with Crippen molar-refractivity contribution >= 4 is 5.84 Å². The molecule has 1 aliphatic rings. The molecule has 0 aromatic rings. The Balaban J connectivity index is 2.36. The van der Waals surface area contributed by atoms with Gasteiger partial charge >= 0.3 is 0 Å². The topological polar surface area (TPSA) is 41.6 Å². The zero-order valence-corrected chi connectivity index (χ0v) is 7.38. The molecule has 1 heterocycles. The molecule has 0 fully saturated rings. The lowest BCUT2D eigenvalue weighted by atomic mass is 10.3. The van der Waals surface area contributed by atoms with Gasteiger partial charge in [0.15, 0.2) is 0 Å². The number of hydrogen-bond donors (Lipinski definition) is 1. The molecule has 0 aliphatic carbocycles. The van der Waals surface area contributed by atoms with Gasteiger partial charge in [0.25, 0.3) is 0 Å². The van der Waals surface area contributed by atoms with Crippen molar-refractivity contribution in [3.8, 4) is 0 Å². The maximum Gasteiger partial charge on any atom is 0.0961 e. The van der Waals surface area contributed by atoms with Crippen molar-refractivity contribution in [3.63, 3.8) is 0 Å². The Kier molecular flexibility index (Phi) is 2.88. The lowest BCUT2D eigenvalue weighted by molar-refractivity contribution is 0.358. The molecule has 64 valence electrons. The second kappa shape index (κ2) is 3.72. The van der Waals surface area contributed by atoms with Gasteiger partial charge in [0.05, 0.1) is 12.4 Å². The van der Waals surface area contributed by atoms with Crippen molar-refractivity contribution in [2.75, 3.05) is 19.6 Å². The summed E-state index contributed by atoms with van der Waals surface area (Å²) in [5.74, 6) is 1.17. The highest BCUT2D eigenvalue weighted by molar-refractivity contribution is 5.81. The van der Waals surface area contributed by atoms with E-state index in [1.165, 1.54) is 5.84 Å². The molecule has 3 heteroatoms. The Labute approximate surface area is 68.3 Å². The molecule has 1 rings (SSSR count). The predicted molar refractivity (Wildman–Crippen MR) is 47.8 cm³/mol. The average Bonchev–Trinajstić information content (AvgIpc) is 2.29. The molecule has 0 saturated heterocycles. The standard InChI is InChI=1S/C8H17N3/c1-7-6-10-8(2)11(7)5-3-4-9/h7H,3-6,9H2,1-2H3. The average molecular weight is 155 g/mol. The van der Waals surface area contributed by atoms with E-state index in [1.54, 1.807) is 0 Å². The van der Waals surface area contributed by atoms with Crippen LogP contribution in [0.1, 0.15) is 20.3 Å². The molecule has 0 saturated carbocycles. The Morgan fingerprint density at radius 2 is 2.45 bits per heavy atom. The molecule has 1 unspecified atom stereocenters. The van der Waals surface area contributed by atoms with Gasteiger partial charge in [-0.3, -0.25) is 4.99 Å². The van der Waals surface area contributed by atoms with Crippen LogP contribution in [0.3, 0.4) is 0 Å². The van der Waals surface area contributed by atoms with Crippen molar-refractivity contribution < 1.29 is 0 Å². The molecule has 0 radical (unpaired) electrons. The molecule has 0 aromatic heterocycles. The summed E-state index contributed by atoms with van der Waals surface area (Å²) in [4.78, 5) is 6.68. The maximum absolute atomic E-state index is 5.43. The van der Waals surface area contributed by atoms with Crippen LogP contribution in [0.2, 0.25) is 0 Å². The lowest BCUT2D eigenvalue weighted by Crippen LogP contribution is -2.34. The minimum Gasteiger partial charge on any atom is -0.356 e. The van der Waals surface area contributed by atoms with Gasteiger partial charge in [-0.1, -0.05) is 0 Å². The van der Waals surface area contributed by atoms with E-state index in [0.29, 0.717) is 6.04 Å². The summed E-state index contributed by atoms with van der Waals surface area (Å²) in [6, 6.07) is 0.585. The number of nitrogens with zero attached hydrogens (tertiary/aromatic N) is 2. The van der Waals surface area contributed by atoms with Crippen LogP contribution in [0.25, 0.3) is 0 Å². The van der Waals surface area contributed by atoms with Gasteiger partial charge in [-0.15, -0.1) is 0 Å². The minimum atomic E-state index is 0.585. The van der Waals surface area contributed by atoms with Gasteiger partial charge in [-0.2, -0.15) is 0 Å². The number of rotatable bonds is 3. The molecular weight excluding hydrogens is 138 g/mol. The quantitative estimate of drug-likeness (QED) is 0.643. The van der Waals surface area contributed by atoms with Gasteiger partial charge in [0.2, 0.25) is 0 Å². The van der Waals surface area contributed by atoms with Crippen LogP contribution in [0, 0.1) is 0 Å². The summed E-state index contributed by atoms with van der Waals surface area (Å²) in [5.41, 5.74) is 5.43. The molecule has 0 aromatic carbocycles. The SMILES string of the molecule is CC1=NCC(C)N1CCCN. The summed E-state index contributed by atoms with van der Waals surface area (Å²) >= 11 is 0. The minimum absolute atomic E-state index is 0.585. The van der Waals surface area contributed by atoms with E-state index in [9.17, 15) is 0 Å². The van der Waals surface area contributed by atoms with Crippen LogP contribution in [0.5, 0.6) is 0 Å². The first-order valence-electron chi connectivity index (χ1n) is 4.23. The predicted octanol–water partition coefficient (Wildman–Crippen LogP) is 0.458. The fourth-order valence-corrected chi connectivity index (χ4v) is 1.42. The normalized spacial score (nSPS) is 24.1. The van der Waals surface area contributed by atoms with Crippen molar-refractivity contribution in [1.82, 2.24) is 4.90 Å². The van der Waals surface area contributed by atoms with Gasteiger partial charge in [-0.05, 0) is 26.8 Å². The van der Waals surface area contributed by atoms with Gasteiger partial charge in [0, 0.05) is 12.6 Å². The first kappa shape index (κ1) is 8.53. The maximum atomic E-state index is 5.43. The van der Waals surface area contributed by atoms with E-state index in [4.69, 9.17) is 5.73 Å². The summed E-state index contributed by atoms with van der Waals surface area (Å²) in [7, 11) is 0. The van der Waals surface area contributed by atoms with Crippen molar-refractivity contribution in [3.05, 3.63) is 0 Å². The van der Waals surface area contributed by atoms with Crippen LogP contribution < -0.4 is 5.73 Å². The van der Waals surface area contributed by atoms with Crippen molar-refractivity contribution in [1.29, 1.82) is 0 Å². The molecule has 0 bridgehead atoms. The van der Waals surface area contributed by atoms with Crippen molar-refractivity contribution in [2.24, 2.45) is 10.7 Å². The van der Waals surface area contributed by atoms with Crippen LogP contribution >= 0.6 is 0 Å². The molecule has 11 heavy (non-hydrogen) atoms. The smallest absolute Gasteiger partial charge is 0.0961 e. The highest BCUT2D eigenvalue weighted by Crippen LogP contribution is 2.09. The van der Waals surface area contributed by atoms with Gasteiger partial charge in [-0.25, -0.2) is 0 Å². The van der Waals surface area contributed by atoms with Crippen LogP contribution in [0.15, 0.2) is 4.99 Å². The molecule has 3 nitrogen and oxygen atoms in total. The Morgan fingerprint density at radius 3 is 2.91 bits per heavy atom. The number of aliphatic imine (C=N–C) groups is 1. The third-order valence-corrected chi connectivity index (χ3v) is 2.14. The largest absolute Gasteiger partial charge is 0.356 e. The molecular formula is C8H17N3. The third kappa shape index (κ3) is 1.93. The van der Waals surface area contributed by atoms with Gasteiger partial charge < -0.3 is 10.6 Å². The highest BCUT2D eigenvalue weighted by atomic mass is 15.3. The summed E-state index contributed by atoms with van der Waals surface area (Å²) in [5, 5.41) is 0. The van der Waals surface area contributed by atoms with Crippen LogP contribution in [-0.4, -0.2) is 36.4 Å². The van der Waals surface area contributed by atoms with E-state index in [2.05, 4.69) is 23.7 Å². The molecule has 0 spiro atoms. The molecule has 1 aliphatic heterocycles. The van der Waals surface area contributed by atoms with Crippen molar-refractivity contribution in [2.45, 2.75) is 26.3 Å². The first-order valence-corrected chi connectivity index (χ1v) is 4.23. The Hall–Kier alpha value is -0.570. The van der Waals surface area contributed by atoms with Crippen LogP contribution in [-0.2, 0) is 0 Å². The third-order valence-electron chi connectivity index (χ3n) is 2.14. The summed E-state index contributed by atoms with van der Waals surface area (Å²) in [6.45, 7) is 7.07. The second-order valence-electron chi connectivity index (χ2n) is 3.07. The monoisotopic (exact) mass is 155 g/mol. The zero-order chi connectivity index (χ0) is 8.27. The van der Waals surface area contributed by atoms with E-state index < -0.39 is 0 Å².